The lowest BCUT2D eigenvalue weighted by molar-refractivity contribution is 0.0629. The third-order valence-electron chi connectivity index (χ3n) is 1.59. The van der Waals surface area contributed by atoms with Crippen molar-refractivity contribution in [1.29, 1.82) is 0 Å². The van der Waals surface area contributed by atoms with E-state index in [2.05, 4.69) is 27.7 Å². The van der Waals surface area contributed by atoms with Gasteiger partial charge in [-0.2, -0.15) is 0 Å². The molecule has 0 aliphatic heterocycles. The highest BCUT2D eigenvalue weighted by Gasteiger charge is 1.95. The Morgan fingerprint density at radius 2 is 1.54 bits per heavy atom. The van der Waals surface area contributed by atoms with Crippen molar-refractivity contribution in [2.75, 3.05) is 19.8 Å². The molecule has 0 N–H and O–H groups in total. The highest BCUT2D eigenvalue weighted by atomic mass is 16.5. The Morgan fingerprint density at radius 3 is 2.08 bits per heavy atom. The molecule has 0 saturated carbocycles. The van der Waals surface area contributed by atoms with Gasteiger partial charge in [-0.15, -0.1) is 0 Å². The van der Waals surface area contributed by atoms with Crippen LogP contribution in [0.1, 0.15) is 40.5 Å². The van der Waals surface area contributed by atoms with E-state index in [0.717, 1.165) is 32.7 Å². The molecule has 0 aromatic heterocycles. The van der Waals surface area contributed by atoms with Gasteiger partial charge in [-0.1, -0.05) is 13.8 Å². The van der Waals surface area contributed by atoms with Crippen LogP contribution in [0.15, 0.2) is 0 Å². The van der Waals surface area contributed by atoms with Crippen molar-refractivity contribution in [3.8, 4) is 0 Å². The predicted molar refractivity (Wildman–Crippen MR) is 56.0 cm³/mol. The SMILES string of the molecule is CC(C)COCCCCOC(C)C. The van der Waals surface area contributed by atoms with E-state index in [1.165, 1.54) is 0 Å². The van der Waals surface area contributed by atoms with E-state index in [0.29, 0.717) is 12.0 Å². The van der Waals surface area contributed by atoms with E-state index in [4.69, 9.17) is 9.47 Å². The summed E-state index contributed by atoms with van der Waals surface area (Å²) in [4.78, 5) is 0. The van der Waals surface area contributed by atoms with Gasteiger partial charge in [0, 0.05) is 19.8 Å². The van der Waals surface area contributed by atoms with Crippen LogP contribution in [0.5, 0.6) is 0 Å². The molecule has 0 atom stereocenters. The fourth-order valence-corrected chi connectivity index (χ4v) is 0.944. The highest BCUT2D eigenvalue weighted by Crippen LogP contribution is 1.97. The molecule has 2 nitrogen and oxygen atoms in total. The molecule has 0 aromatic carbocycles. The first-order chi connectivity index (χ1) is 6.13. The van der Waals surface area contributed by atoms with E-state index < -0.39 is 0 Å². The summed E-state index contributed by atoms with van der Waals surface area (Å²) in [5, 5.41) is 0. The lowest BCUT2D eigenvalue weighted by atomic mass is 10.2. The molecule has 0 unspecified atom stereocenters. The molecule has 2 heteroatoms. The van der Waals surface area contributed by atoms with Crippen molar-refractivity contribution >= 4 is 0 Å². The average molecular weight is 188 g/mol. The summed E-state index contributed by atoms with van der Waals surface area (Å²) < 4.78 is 10.9. The Morgan fingerprint density at radius 1 is 0.923 bits per heavy atom. The average Bonchev–Trinajstić information content (AvgIpc) is 2.01. The molecule has 0 saturated heterocycles. The first kappa shape index (κ1) is 12.9. The number of ether oxygens (including phenoxy) is 2. The van der Waals surface area contributed by atoms with E-state index >= 15 is 0 Å². The molecule has 0 aliphatic rings. The summed E-state index contributed by atoms with van der Waals surface area (Å²) in [6.45, 7) is 11.1. The quantitative estimate of drug-likeness (QED) is 0.545. The molecule has 13 heavy (non-hydrogen) atoms. The van der Waals surface area contributed by atoms with Gasteiger partial charge >= 0.3 is 0 Å². The van der Waals surface area contributed by atoms with Gasteiger partial charge < -0.3 is 9.47 Å². The van der Waals surface area contributed by atoms with Crippen LogP contribution in [0.4, 0.5) is 0 Å². The number of rotatable bonds is 8. The highest BCUT2D eigenvalue weighted by molar-refractivity contribution is 4.43. The minimum atomic E-state index is 0.358. The molecule has 0 bridgehead atoms. The van der Waals surface area contributed by atoms with Gasteiger partial charge in [-0.3, -0.25) is 0 Å². The van der Waals surface area contributed by atoms with Gasteiger partial charge in [0.05, 0.1) is 6.10 Å². The molecule has 80 valence electrons. The zero-order valence-electron chi connectivity index (χ0n) is 9.51. The van der Waals surface area contributed by atoms with Crippen LogP contribution in [-0.4, -0.2) is 25.9 Å². The molecule has 0 heterocycles. The second-order valence-corrected chi connectivity index (χ2v) is 4.10. The molecular weight excluding hydrogens is 164 g/mol. The molecule has 0 fully saturated rings. The van der Waals surface area contributed by atoms with Crippen molar-refractivity contribution in [3.05, 3.63) is 0 Å². The summed E-state index contributed by atoms with van der Waals surface area (Å²) >= 11 is 0. The van der Waals surface area contributed by atoms with Gasteiger partial charge in [0.15, 0.2) is 0 Å². The van der Waals surface area contributed by atoms with Gasteiger partial charge in [-0.05, 0) is 32.6 Å². The molecule has 0 radical (unpaired) electrons. The predicted octanol–water partition coefficient (Wildman–Crippen LogP) is 2.86. The minimum Gasteiger partial charge on any atom is -0.381 e. The standard InChI is InChI=1S/C11H24O2/c1-10(2)9-12-7-5-6-8-13-11(3)4/h10-11H,5-9H2,1-4H3. The summed E-state index contributed by atoms with van der Waals surface area (Å²) in [6, 6.07) is 0. The molecule has 0 spiro atoms. The van der Waals surface area contributed by atoms with Crippen LogP contribution in [0.3, 0.4) is 0 Å². The molecule has 0 aromatic rings. The maximum atomic E-state index is 5.45. The molecule has 0 amide bonds. The number of hydrogen-bond donors (Lipinski definition) is 0. The van der Waals surface area contributed by atoms with Gasteiger partial charge in [0.25, 0.3) is 0 Å². The largest absolute Gasteiger partial charge is 0.381 e. The van der Waals surface area contributed by atoms with Crippen molar-refractivity contribution in [2.24, 2.45) is 5.92 Å². The minimum absolute atomic E-state index is 0.358. The zero-order chi connectivity index (χ0) is 10.1. The second-order valence-electron chi connectivity index (χ2n) is 4.10. The van der Waals surface area contributed by atoms with Crippen LogP contribution in [0.2, 0.25) is 0 Å². The summed E-state index contributed by atoms with van der Waals surface area (Å²) in [5.74, 6) is 0.645. The van der Waals surface area contributed by atoms with Crippen LogP contribution in [0, 0.1) is 5.92 Å². The van der Waals surface area contributed by atoms with E-state index in [-0.39, 0.29) is 0 Å². The van der Waals surface area contributed by atoms with Crippen molar-refractivity contribution in [3.63, 3.8) is 0 Å². The summed E-state index contributed by atoms with van der Waals surface area (Å²) in [5.41, 5.74) is 0. The first-order valence-corrected chi connectivity index (χ1v) is 5.32. The van der Waals surface area contributed by atoms with E-state index in [1.54, 1.807) is 0 Å². The van der Waals surface area contributed by atoms with Crippen LogP contribution < -0.4 is 0 Å². The van der Waals surface area contributed by atoms with Crippen molar-refractivity contribution < 1.29 is 9.47 Å². The van der Waals surface area contributed by atoms with Crippen molar-refractivity contribution in [1.82, 2.24) is 0 Å². The third kappa shape index (κ3) is 11.9. The summed E-state index contributed by atoms with van der Waals surface area (Å²) in [7, 11) is 0. The monoisotopic (exact) mass is 188 g/mol. The lowest BCUT2D eigenvalue weighted by Gasteiger charge is -2.08. The molecule has 0 aliphatic carbocycles. The smallest absolute Gasteiger partial charge is 0.0518 e. The second kappa shape index (κ2) is 8.52. The maximum absolute atomic E-state index is 5.45. The zero-order valence-corrected chi connectivity index (χ0v) is 9.51. The Bertz CT molecular complexity index is 88.3. The van der Waals surface area contributed by atoms with Gasteiger partial charge in [0.2, 0.25) is 0 Å². The van der Waals surface area contributed by atoms with E-state index in [9.17, 15) is 0 Å². The Hall–Kier alpha value is -0.0800. The van der Waals surface area contributed by atoms with Crippen LogP contribution >= 0.6 is 0 Å². The van der Waals surface area contributed by atoms with Crippen molar-refractivity contribution in [2.45, 2.75) is 46.6 Å². The van der Waals surface area contributed by atoms with E-state index in [1.807, 2.05) is 0 Å². The molecular formula is C11H24O2. The Balaban J connectivity index is 2.92. The Labute approximate surface area is 82.6 Å². The first-order valence-electron chi connectivity index (χ1n) is 5.32. The lowest BCUT2D eigenvalue weighted by Crippen LogP contribution is -2.06. The van der Waals surface area contributed by atoms with Crippen LogP contribution in [0.25, 0.3) is 0 Å². The fourth-order valence-electron chi connectivity index (χ4n) is 0.944. The topological polar surface area (TPSA) is 18.5 Å². The molecule has 0 rings (SSSR count). The fraction of sp³-hybridized carbons (Fsp3) is 1.00. The van der Waals surface area contributed by atoms with Gasteiger partial charge in [-0.25, -0.2) is 0 Å². The maximum Gasteiger partial charge on any atom is 0.0518 e. The summed E-state index contributed by atoms with van der Waals surface area (Å²) in [6.07, 6.45) is 2.58. The number of hydrogen-bond acceptors (Lipinski definition) is 2. The third-order valence-corrected chi connectivity index (χ3v) is 1.59. The van der Waals surface area contributed by atoms with Crippen LogP contribution in [-0.2, 0) is 9.47 Å². The normalized spacial score (nSPS) is 11.5. The van der Waals surface area contributed by atoms with Gasteiger partial charge in [0.1, 0.15) is 0 Å². The Kier molecular flexibility index (Phi) is 8.46. The number of unbranched alkanes of at least 4 members (excludes halogenated alkanes) is 1.